The highest BCUT2D eigenvalue weighted by molar-refractivity contribution is 5.88. The minimum atomic E-state index is -0.279. The minimum Gasteiger partial charge on any atom is -0.399 e. The lowest BCUT2D eigenvalue weighted by atomic mass is 10.1. The second-order valence-electron chi connectivity index (χ2n) is 5.72. The van der Waals surface area contributed by atoms with E-state index < -0.39 is 0 Å². The number of likely N-dealkylation sites (N-methyl/N-ethyl adjacent to an activating group) is 1. The smallest absolute Gasteiger partial charge is 0.244 e. The molecule has 1 heterocycles. The van der Waals surface area contributed by atoms with E-state index in [9.17, 15) is 9.59 Å². The van der Waals surface area contributed by atoms with Crippen LogP contribution in [0.5, 0.6) is 0 Å². The summed E-state index contributed by atoms with van der Waals surface area (Å²) < 4.78 is 0. The van der Waals surface area contributed by atoms with E-state index in [1.165, 1.54) is 0 Å². The lowest BCUT2D eigenvalue weighted by molar-refractivity contribution is -0.142. The lowest BCUT2D eigenvalue weighted by Gasteiger charge is -2.26. The van der Waals surface area contributed by atoms with Crippen LogP contribution in [0.15, 0.2) is 24.3 Å². The molecule has 1 aromatic carbocycles. The number of nitrogens with zero attached hydrogens (tertiary/aromatic N) is 2. The predicted molar refractivity (Wildman–Crippen MR) is 82.6 cm³/mol. The van der Waals surface area contributed by atoms with Crippen LogP contribution in [0, 0.1) is 0 Å². The van der Waals surface area contributed by atoms with Crippen molar-refractivity contribution in [2.24, 2.45) is 0 Å². The van der Waals surface area contributed by atoms with Crippen molar-refractivity contribution in [2.75, 3.05) is 26.4 Å². The van der Waals surface area contributed by atoms with Crippen molar-refractivity contribution < 1.29 is 9.59 Å². The number of amides is 2. The molecule has 0 bridgehead atoms. The average molecular weight is 289 g/mol. The van der Waals surface area contributed by atoms with Gasteiger partial charge >= 0.3 is 0 Å². The van der Waals surface area contributed by atoms with Crippen molar-refractivity contribution in [1.29, 1.82) is 0 Å². The van der Waals surface area contributed by atoms with Crippen molar-refractivity contribution in [2.45, 2.75) is 31.7 Å². The number of nitrogens with two attached hydrogens (primary N) is 1. The highest BCUT2D eigenvalue weighted by atomic mass is 16.2. The molecule has 114 valence electrons. The van der Waals surface area contributed by atoms with Gasteiger partial charge in [0.05, 0.1) is 0 Å². The fourth-order valence-electron chi connectivity index (χ4n) is 2.70. The van der Waals surface area contributed by atoms with Gasteiger partial charge in [-0.1, -0.05) is 12.1 Å². The standard InChI is InChI=1S/C16H23N3O2/c1-18(2)16(21)14-4-3-11-19(14)15(20)10-7-12-5-8-13(17)9-6-12/h5-6,8-9,14H,3-4,7,10-11,17H2,1-2H3. The summed E-state index contributed by atoms with van der Waals surface area (Å²) >= 11 is 0. The molecule has 0 saturated carbocycles. The second kappa shape index (κ2) is 6.61. The average Bonchev–Trinajstić information content (AvgIpc) is 2.94. The molecule has 1 aliphatic heterocycles. The maximum Gasteiger partial charge on any atom is 0.244 e. The molecule has 0 aromatic heterocycles. The predicted octanol–water partition coefficient (Wildman–Crippen LogP) is 1.28. The molecule has 1 fully saturated rings. The SMILES string of the molecule is CN(C)C(=O)C1CCCN1C(=O)CCc1ccc(N)cc1. The van der Waals surface area contributed by atoms with Gasteiger partial charge in [-0.05, 0) is 37.0 Å². The number of anilines is 1. The third-order valence-electron chi connectivity index (χ3n) is 3.91. The monoisotopic (exact) mass is 289 g/mol. The van der Waals surface area contributed by atoms with E-state index >= 15 is 0 Å². The summed E-state index contributed by atoms with van der Waals surface area (Å²) in [6, 6.07) is 7.28. The maximum absolute atomic E-state index is 12.4. The zero-order chi connectivity index (χ0) is 15.4. The van der Waals surface area contributed by atoms with Crippen molar-refractivity contribution in [3.05, 3.63) is 29.8 Å². The van der Waals surface area contributed by atoms with E-state index in [2.05, 4.69) is 0 Å². The number of carbonyl (C=O) groups is 2. The largest absolute Gasteiger partial charge is 0.399 e. The van der Waals surface area contributed by atoms with Crippen LogP contribution in [0.25, 0.3) is 0 Å². The summed E-state index contributed by atoms with van der Waals surface area (Å²) in [6.45, 7) is 0.685. The van der Waals surface area contributed by atoms with Gasteiger partial charge in [0.15, 0.2) is 0 Å². The summed E-state index contributed by atoms with van der Waals surface area (Å²) in [7, 11) is 3.47. The molecule has 1 unspecified atom stereocenters. The molecular formula is C16H23N3O2. The lowest BCUT2D eigenvalue weighted by Crippen LogP contribution is -2.45. The Morgan fingerprint density at radius 2 is 1.95 bits per heavy atom. The maximum atomic E-state index is 12.4. The highest BCUT2D eigenvalue weighted by Crippen LogP contribution is 2.20. The van der Waals surface area contributed by atoms with Crippen LogP contribution in [-0.2, 0) is 16.0 Å². The van der Waals surface area contributed by atoms with E-state index in [1.54, 1.807) is 23.9 Å². The number of rotatable bonds is 4. The number of hydrogen-bond acceptors (Lipinski definition) is 3. The Hall–Kier alpha value is -2.04. The Morgan fingerprint density at radius 1 is 1.29 bits per heavy atom. The van der Waals surface area contributed by atoms with Crippen molar-refractivity contribution in [3.63, 3.8) is 0 Å². The molecule has 0 radical (unpaired) electrons. The molecule has 21 heavy (non-hydrogen) atoms. The molecule has 5 heteroatoms. The molecule has 0 spiro atoms. The van der Waals surface area contributed by atoms with Crippen LogP contribution in [-0.4, -0.2) is 48.3 Å². The summed E-state index contributed by atoms with van der Waals surface area (Å²) in [4.78, 5) is 27.7. The first-order valence-corrected chi connectivity index (χ1v) is 7.34. The fraction of sp³-hybridized carbons (Fsp3) is 0.500. The first-order valence-electron chi connectivity index (χ1n) is 7.34. The molecule has 1 saturated heterocycles. The van der Waals surface area contributed by atoms with Crippen molar-refractivity contribution >= 4 is 17.5 Å². The Bertz CT molecular complexity index is 511. The van der Waals surface area contributed by atoms with Crippen LogP contribution in [0.4, 0.5) is 5.69 Å². The van der Waals surface area contributed by atoms with E-state index in [0.717, 1.165) is 24.1 Å². The summed E-state index contributed by atoms with van der Waals surface area (Å²) in [5.74, 6) is 0.0814. The molecule has 5 nitrogen and oxygen atoms in total. The Kier molecular flexibility index (Phi) is 4.83. The summed E-state index contributed by atoms with van der Waals surface area (Å²) in [5.41, 5.74) is 7.46. The van der Waals surface area contributed by atoms with Crippen LogP contribution in [0.2, 0.25) is 0 Å². The second-order valence-corrected chi connectivity index (χ2v) is 5.72. The quantitative estimate of drug-likeness (QED) is 0.849. The van der Waals surface area contributed by atoms with E-state index in [1.807, 2.05) is 24.3 Å². The van der Waals surface area contributed by atoms with Gasteiger partial charge < -0.3 is 15.5 Å². The number of hydrogen-bond donors (Lipinski definition) is 1. The molecule has 1 aromatic rings. The van der Waals surface area contributed by atoms with Crippen LogP contribution >= 0.6 is 0 Å². The zero-order valence-electron chi connectivity index (χ0n) is 12.7. The van der Waals surface area contributed by atoms with Gasteiger partial charge in [0, 0.05) is 32.7 Å². The van der Waals surface area contributed by atoms with Gasteiger partial charge in [0.1, 0.15) is 6.04 Å². The van der Waals surface area contributed by atoms with E-state index in [0.29, 0.717) is 19.4 Å². The third-order valence-corrected chi connectivity index (χ3v) is 3.91. The Labute approximate surface area is 125 Å². The van der Waals surface area contributed by atoms with E-state index in [-0.39, 0.29) is 17.9 Å². The molecular weight excluding hydrogens is 266 g/mol. The molecule has 2 rings (SSSR count). The number of likely N-dealkylation sites (tertiary alicyclic amines) is 1. The fourth-order valence-corrected chi connectivity index (χ4v) is 2.70. The van der Waals surface area contributed by atoms with Crippen molar-refractivity contribution in [1.82, 2.24) is 9.80 Å². The third kappa shape index (κ3) is 3.74. The number of aryl methyl sites for hydroxylation is 1. The van der Waals surface area contributed by atoms with Gasteiger partial charge in [0.25, 0.3) is 0 Å². The van der Waals surface area contributed by atoms with Gasteiger partial charge in [-0.3, -0.25) is 9.59 Å². The molecule has 0 aliphatic carbocycles. The number of nitrogen functional groups attached to an aromatic ring is 1. The highest BCUT2D eigenvalue weighted by Gasteiger charge is 2.34. The number of benzene rings is 1. The summed E-state index contributed by atoms with van der Waals surface area (Å²) in [6.07, 6.45) is 2.78. The first kappa shape index (κ1) is 15.4. The first-order chi connectivity index (χ1) is 9.99. The summed E-state index contributed by atoms with van der Waals surface area (Å²) in [5, 5.41) is 0. The van der Waals surface area contributed by atoms with Crippen LogP contribution in [0.3, 0.4) is 0 Å². The molecule has 1 atom stereocenters. The zero-order valence-corrected chi connectivity index (χ0v) is 12.7. The normalized spacial score (nSPS) is 17.8. The minimum absolute atomic E-state index is 0.0216. The topological polar surface area (TPSA) is 66.6 Å². The molecule has 1 aliphatic rings. The molecule has 2 N–H and O–H groups in total. The Balaban J connectivity index is 1.93. The van der Waals surface area contributed by atoms with Crippen LogP contribution < -0.4 is 5.73 Å². The van der Waals surface area contributed by atoms with Gasteiger partial charge in [-0.2, -0.15) is 0 Å². The van der Waals surface area contributed by atoms with E-state index in [4.69, 9.17) is 5.73 Å². The van der Waals surface area contributed by atoms with Crippen molar-refractivity contribution in [3.8, 4) is 0 Å². The van der Waals surface area contributed by atoms with Gasteiger partial charge in [-0.15, -0.1) is 0 Å². The molecule has 2 amide bonds. The Morgan fingerprint density at radius 3 is 2.57 bits per heavy atom. The van der Waals surface area contributed by atoms with Crippen LogP contribution in [0.1, 0.15) is 24.8 Å². The number of carbonyl (C=O) groups excluding carboxylic acids is 2. The van der Waals surface area contributed by atoms with Gasteiger partial charge in [0.2, 0.25) is 11.8 Å². The van der Waals surface area contributed by atoms with Gasteiger partial charge in [-0.25, -0.2) is 0 Å².